The fourth-order valence-electron chi connectivity index (χ4n) is 4.37. The molecule has 1 fully saturated rings. The molecule has 168 valence electrons. The van der Waals surface area contributed by atoms with E-state index in [1.807, 2.05) is 24.3 Å². The van der Waals surface area contributed by atoms with Crippen molar-refractivity contribution in [3.05, 3.63) is 66.0 Å². The molecule has 1 aliphatic rings. The summed E-state index contributed by atoms with van der Waals surface area (Å²) < 4.78 is 5.08. The predicted molar refractivity (Wildman–Crippen MR) is 128 cm³/mol. The Bertz CT molecular complexity index is 1020. The summed E-state index contributed by atoms with van der Waals surface area (Å²) in [5.74, 6) is 1.11. The highest BCUT2D eigenvalue weighted by Crippen LogP contribution is 2.22. The topological polar surface area (TPSA) is 67.3 Å². The molecule has 1 aromatic heterocycles. The number of likely N-dealkylation sites (tertiary alicyclic amines) is 1. The number of fused-ring (bicyclic) bond motifs is 1. The number of nitrogens with zero attached hydrogens (tertiary/aromatic N) is 3. The number of hydrogen-bond donors (Lipinski definition) is 1. The number of anilines is 1. The van der Waals surface area contributed by atoms with Crippen molar-refractivity contribution >= 4 is 22.7 Å². The molecule has 1 saturated heterocycles. The molecule has 0 atom stereocenters. The van der Waals surface area contributed by atoms with Gasteiger partial charge in [0, 0.05) is 11.9 Å². The Morgan fingerprint density at radius 1 is 1.06 bits per heavy atom. The monoisotopic (exact) mass is 432 g/mol. The third-order valence-corrected chi connectivity index (χ3v) is 6.08. The van der Waals surface area contributed by atoms with Crippen LogP contribution in [0.15, 0.2) is 54.6 Å². The van der Waals surface area contributed by atoms with Gasteiger partial charge in [-0.1, -0.05) is 42.5 Å². The zero-order valence-corrected chi connectivity index (χ0v) is 18.8. The van der Waals surface area contributed by atoms with Gasteiger partial charge in [-0.05, 0) is 75.9 Å². The highest BCUT2D eigenvalue weighted by molar-refractivity contribution is 5.94. The first-order valence-electron chi connectivity index (χ1n) is 11.7. The molecule has 3 aromatic rings. The average molecular weight is 433 g/mol. The van der Waals surface area contributed by atoms with E-state index in [1.165, 1.54) is 37.9 Å². The Labute approximate surface area is 190 Å². The molecule has 0 unspecified atom stereocenters. The van der Waals surface area contributed by atoms with Gasteiger partial charge in [-0.25, -0.2) is 14.8 Å². The number of piperidine rings is 1. The van der Waals surface area contributed by atoms with Crippen LogP contribution in [0.1, 0.15) is 42.4 Å². The van der Waals surface area contributed by atoms with Crippen molar-refractivity contribution in [1.29, 1.82) is 0 Å². The molecule has 2 aromatic carbocycles. The molecule has 0 spiro atoms. The lowest BCUT2D eigenvalue weighted by Gasteiger charge is -2.32. The molecule has 6 heteroatoms. The predicted octanol–water partition coefficient (Wildman–Crippen LogP) is 4.56. The average Bonchev–Trinajstić information content (AvgIpc) is 2.83. The van der Waals surface area contributed by atoms with E-state index in [1.54, 1.807) is 6.92 Å². The minimum Gasteiger partial charge on any atom is -0.460 e. The van der Waals surface area contributed by atoms with Crippen LogP contribution < -0.4 is 5.32 Å². The minimum atomic E-state index is -0.486. The van der Waals surface area contributed by atoms with E-state index in [0.29, 0.717) is 12.4 Å². The van der Waals surface area contributed by atoms with Crippen molar-refractivity contribution in [2.24, 2.45) is 5.92 Å². The Hall–Kier alpha value is -2.99. The summed E-state index contributed by atoms with van der Waals surface area (Å²) in [5, 5.41) is 4.34. The van der Waals surface area contributed by atoms with Crippen LogP contribution in [0, 0.1) is 5.92 Å². The molecule has 0 aliphatic carbocycles. The number of nitrogens with one attached hydrogen (secondary N) is 1. The number of rotatable bonds is 9. The van der Waals surface area contributed by atoms with Crippen molar-refractivity contribution < 1.29 is 9.53 Å². The fraction of sp³-hybridized carbons (Fsp3) is 0.423. The summed E-state index contributed by atoms with van der Waals surface area (Å²) in [5.41, 5.74) is 2.20. The summed E-state index contributed by atoms with van der Waals surface area (Å²) in [4.78, 5) is 23.5. The lowest BCUT2D eigenvalue weighted by molar-refractivity contribution is 0.0512. The number of aromatic nitrogens is 2. The summed E-state index contributed by atoms with van der Waals surface area (Å²) in [6.45, 7) is 6.29. The third kappa shape index (κ3) is 5.82. The van der Waals surface area contributed by atoms with E-state index in [2.05, 4.69) is 50.5 Å². The zero-order chi connectivity index (χ0) is 22.2. The van der Waals surface area contributed by atoms with Gasteiger partial charge in [0.05, 0.1) is 12.1 Å². The van der Waals surface area contributed by atoms with Gasteiger partial charge in [-0.15, -0.1) is 0 Å². The largest absolute Gasteiger partial charge is 0.460 e. The number of carbonyl (C=O) groups excluding carboxylic acids is 1. The van der Waals surface area contributed by atoms with Gasteiger partial charge in [0.2, 0.25) is 5.82 Å². The lowest BCUT2D eigenvalue weighted by atomic mass is 9.90. The first kappa shape index (κ1) is 22.2. The second-order valence-corrected chi connectivity index (χ2v) is 8.39. The van der Waals surface area contributed by atoms with Crippen LogP contribution in [0.2, 0.25) is 0 Å². The fourth-order valence-corrected chi connectivity index (χ4v) is 4.37. The van der Waals surface area contributed by atoms with Crippen molar-refractivity contribution in [2.75, 3.05) is 38.1 Å². The molecule has 0 bridgehead atoms. The van der Waals surface area contributed by atoms with Gasteiger partial charge in [0.1, 0.15) is 5.82 Å². The van der Waals surface area contributed by atoms with Gasteiger partial charge >= 0.3 is 5.97 Å². The van der Waals surface area contributed by atoms with Gasteiger partial charge in [0.15, 0.2) is 0 Å². The number of hydrogen-bond acceptors (Lipinski definition) is 6. The van der Waals surface area contributed by atoms with Crippen molar-refractivity contribution in [3.63, 3.8) is 0 Å². The molecule has 0 radical (unpaired) electrons. The summed E-state index contributed by atoms with van der Waals surface area (Å²) in [7, 11) is 0. The van der Waals surface area contributed by atoms with Gasteiger partial charge in [-0.3, -0.25) is 0 Å². The molecule has 1 N–H and O–H groups in total. The molecule has 4 rings (SSSR count). The number of carbonyl (C=O) groups is 1. The SMILES string of the molecule is CCOC(=O)c1nc(NCCCN2CCC(Cc3ccccc3)CC2)c2ccccc2n1. The molecule has 1 aliphatic heterocycles. The van der Waals surface area contributed by atoms with Crippen LogP contribution >= 0.6 is 0 Å². The minimum absolute atomic E-state index is 0.105. The molecule has 6 nitrogen and oxygen atoms in total. The van der Waals surface area contributed by atoms with E-state index in [0.717, 1.165) is 36.3 Å². The molecular weight excluding hydrogens is 400 g/mol. The summed E-state index contributed by atoms with van der Waals surface area (Å²) in [6, 6.07) is 18.6. The van der Waals surface area contributed by atoms with Crippen LogP contribution in [-0.2, 0) is 11.2 Å². The molecular formula is C26H32N4O2. The van der Waals surface area contributed by atoms with E-state index in [-0.39, 0.29) is 5.82 Å². The second-order valence-electron chi connectivity index (χ2n) is 8.39. The van der Waals surface area contributed by atoms with E-state index >= 15 is 0 Å². The van der Waals surface area contributed by atoms with Gasteiger partial charge in [-0.2, -0.15) is 0 Å². The quantitative estimate of drug-likeness (QED) is 0.395. The molecule has 2 heterocycles. The smallest absolute Gasteiger partial charge is 0.376 e. The molecule has 0 amide bonds. The van der Waals surface area contributed by atoms with E-state index < -0.39 is 5.97 Å². The first-order valence-corrected chi connectivity index (χ1v) is 11.7. The maximum absolute atomic E-state index is 12.1. The first-order chi connectivity index (χ1) is 15.7. The Morgan fingerprint density at radius 2 is 1.81 bits per heavy atom. The van der Waals surface area contributed by atoms with E-state index in [9.17, 15) is 4.79 Å². The maximum atomic E-state index is 12.1. The van der Waals surface area contributed by atoms with Gasteiger partial charge in [0.25, 0.3) is 0 Å². The Balaban J connectivity index is 1.26. The maximum Gasteiger partial charge on any atom is 0.376 e. The highest BCUT2D eigenvalue weighted by atomic mass is 16.5. The van der Waals surface area contributed by atoms with Crippen LogP contribution in [0.4, 0.5) is 5.82 Å². The lowest BCUT2D eigenvalue weighted by Crippen LogP contribution is -2.35. The van der Waals surface area contributed by atoms with Crippen LogP contribution in [-0.4, -0.2) is 53.6 Å². The van der Waals surface area contributed by atoms with Gasteiger partial charge < -0.3 is 15.0 Å². The Morgan fingerprint density at radius 3 is 2.59 bits per heavy atom. The highest BCUT2D eigenvalue weighted by Gasteiger charge is 2.19. The standard InChI is InChI=1S/C26H32N4O2/c1-2-32-26(31)25-28-23-12-7-6-11-22(23)24(29-25)27-15-8-16-30-17-13-21(14-18-30)19-20-9-4-3-5-10-20/h3-7,9-12,21H,2,8,13-19H2,1H3,(H,27,28,29). The molecule has 0 saturated carbocycles. The summed E-state index contributed by atoms with van der Waals surface area (Å²) in [6.07, 6.45) is 4.75. The van der Waals surface area contributed by atoms with Crippen molar-refractivity contribution in [3.8, 4) is 0 Å². The Kier molecular flexibility index (Phi) is 7.67. The number of benzene rings is 2. The normalized spacial score (nSPS) is 15.0. The number of ether oxygens (including phenoxy) is 1. The number of esters is 1. The number of para-hydroxylation sites is 1. The second kappa shape index (κ2) is 11.0. The van der Waals surface area contributed by atoms with Crippen molar-refractivity contribution in [2.45, 2.75) is 32.6 Å². The zero-order valence-electron chi connectivity index (χ0n) is 18.8. The third-order valence-electron chi connectivity index (χ3n) is 6.08. The van der Waals surface area contributed by atoms with Crippen LogP contribution in [0.5, 0.6) is 0 Å². The summed E-state index contributed by atoms with van der Waals surface area (Å²) >= 11 is 0. The van der Waals surface area contributed by atoms with Crippen LogP contribution in [0.25, 0.3) is 10.9 Å². The molecule has 32 heavy (non-hydrogen) atoms. The van der Waals surface area contributed by atoms with Crippen molar-refractivity contribution in [1.82, 2.24) is 14.9 Å². The van der Waals surface area contributed by atoms with Crippen LogP contribution in [0.3, 0.4) is 0 Å². The van der Waals surface area contributed by atoms with E-state index in [4.69, 9.17) is 4.74 Å².